The van der Waals surface area contributed by atoms with Crippen LogP contribution in [-0.2, 0) is 4.79 Å². The summed E-state index contributed by atoms with van der Waals surface area (Å²) >= 11 is 0. The molecule has 2 fully saturated rings. The molecule has 1 heterocycles. The number of piperazine rings is 1. The molecule has 1 saturated carbocycles. The van der Waals surface area contributed by atoms with Gasteiger partial charge in [-0.1, -0.05) is 30.7 Å². The summed E-state index contributed by atoms with van der Waals surface area (Å²) in [4.78, 5) is 21.2. The molecule has 1 saturated heterocycles. The van der Waals surface area contributed by atoms with E-state index in [-0.39, 0.29) is 24.0 Å². The van der Waals surface area contributed by atoms with E-state index in [1.54, 1.807) is 0 Å². The smallest absolute Gasteiger partial charge is 0.225 e. The van der Waals surface area contributed by atoms with Crippen molar-refractivity contribution in [1.82, 2.24) is 9.80 Å². The second-order valence-electron chi connectivity index (χ2n) is 8.13. The number of nitrogens with zero attached hydrogens (tertiary/aromatic N) is 3. The van der Waals surface area contributed by atoms with Crippen LogP contribution in [0.15, 0.2) is 59.6 Å². The zero-order valence-electron chi connectivity index (χ0n) is 18.3. The Morgan fingerprint density at radius 3 is 2.44 bits per heavy atom. The molecule has 0 atom stereocenters. The molecule has 7 nitrogen and oxygen atoms in total. The maximum atomic E-state index is 12.3. The van der Waals surface area contributed by atoms with Gasteiger partial charge >= 0.3 is 0 Å². The van der Waals surface area contributed by atoms with Gasteiger partial charge in [0.15, 0.2) is 5.96 Å². The number of nitrogens with two attached hydrogens (primary N) is 1. The number of hydrogen-bond donors (Lipinski definition) is 2. The quantitative estimate of drug-likeness (QED) is 0.312. The lowest BCUT2D eigenvalue weighted by molar-refractivity contribution is -0.139. The monoisotopic (exact) mass is 549 g/mol. The van der Waals surface area contributed by atoms with E-state index >= 15 is 0 Å². The predicted molar refractivity (Wildman–Crippen MR) is 139 cm³/mol. The first-order valence-electron chi connectivity index (χ1n) is 11.1. The number of halogens is 1. The fourth-order valence-electron chi connectivity index (χ4n) is 3.87. The Bertz CT molecular complexity index is 896. The molecule has 172 valence electrons. The normalized spacial score (nSPS) is 17.2. The van der Waals surface area contributed by atoms with E-state index in [2.05, 4.69) is 15.2 Å². The fraction of sp³-hybridized carbons (Fsp3) is 0.417. The van der Waals surface area contributed by atoms with E-state index in [9.17, 15) is 4.79 Å². The summed E-state index contributed by atoms with van der Waals surface area (Å²) in [7, 11) is 0. The molecule has 1 amide bonds. The number of ether oxygens (including phenoxy) is 1. The summed E-state index contributed by atoms with van der Waals surface area (Å²) in [6, 6.07) is 17.3. The van der Waals surface area contributed by atoms with Crippen LogP contribution in [0.1, 0.15) is 19.3 Å². The van der Waals surface area contributed by atoms with E-state index in [0.29, 0.717) is 24.3 Å². The molecule has 0 radical (unpaired) electrons. The molecule has 2 aromatic carbocycles. The summed E-state index contributed by atoms with van der Waals surface area (Å²) in [6.07, 6.45) is 3.34. The van der Waals surface area contributed by atoms with Gasteiger partial charge in [0.1, 0.15) is 11.5 Å². The molecule has 1 aliphatic heterocycles. The van der Waals surface area contributed by atoms with Crippen molar-refractivity contribution in [3.05, 3.63) is 54.6 Å². The molecule has 1 aliphatic carbocycles. The first kappa shape index (κ1) is 24.3. The maximum absolute atomic E-state index is 12.3. The molecular weight excluding hydrogens is 517 g/mol. The van der Waals surface area contributed by atoms with Gasteiger partial charge in [0, 0.05) is 50.4 Å². The molecule has 2 aromatic rings. The fourth-order valence-corrected chi connectivity index (χ4v) is 3.87. The first-order chi connectivity index (χ1) is 15.2. The molecule has 32 heavy (non-hydrogen) atoms. The van der Waals surface area contributed by atoms with E-state index in [1.165, 1.54) is 6.42 Å². The zero-order valence-corrected chi connectivity index (χ0v) is 20.6. The second kappa shape index (κ2) is 12.1. The molecule has 8 heteroatoms. The number of hydrogen-bond acceptors (Lipinski definition) is 4. The van der Waals surface area contributed by atoms with E-state index < -0.39 is 0 Å². The number of guanidine groups is 1. The van der Waals surface area contributed by atoms with Gasteiger partial charge in [0.2, 0.25) is 5.91 Å². The van der Waals surface area contributed by atoms with Crippen LogP contribution < -0.4 is 15.8 Å². The number of amides is 1. The van der Waals surface area contributed by atoms with Gasteiger partial charge < -0.3 is 20.7 Å². The van der Waals surface area contributed by atoms with Crippen LogP contribution in [0, 0.1) is 5.92 Å². The van der Waals surface area contributed by atoms with Gasteiger partial charge in [0.25, 0.3) is 0 Å². The van der Waals surface area contributed by atoms with Crippen molar-refractivity contribution in [2.24, 2.45) is 16.6 Å². The van der Waals surface area contributed by atoms with Crippen LogP contribution in [0.2, 0.25) is 0 Å². The Labute approximate surface area is 207 Å². The van der Waals surface area contributed by atoms with Crippen molar-refractivity contribution in [2.75, 3.05) is 44.6 Å². The van der Waals surface area contributed by atoms with Crippen LogP contribution in [0.4, 0.5) is 5.69 Å². The minimum absolute atomic E-state index is 0. The molecule has 3 N–H and O–H groups in total. The lowest BCUT2D eigenvalue weighted by atomic mass is 9.84. The van der Waals surface area contributed by atoms with Crippen molar-refractivity contribution in [2.45, 2.75) is 19.3 Å². The van der Waals surface area contributed by atoms with E-state index in [4.69, 9.17) is 10.5 Å². The van der Waals surface area contributed by atoms with Gasteiger partial charge in [-0.05, 0) is 37.1 Å². The average molecular weight is 549 g/mol. The van der Waals surface area contributed by atoms with Gasteiger partial charge in [-0.3, -0.25) is 14.7 Å². The Kier molecular flexibility index (Phi) is 9.16. The minimum Gasteiger partial charge on any atom is -0.457 e. The largest absolute Gasteiger partial charge is 0.457 e. The average Bonchev–Trinajstić information content (AvgIpc) is 2.74. The highest BCUT2D eigenvalue weighted by Gasteiger charge is 2.30. The van der Waals surface area contributed by atoms with E-state index in [0.717, 1.165) is 62.8 Å². The molecule has 0 aromatic heterocycles. The highest BCUT2D eigenvalue weighted by Crippen LogP contribution is 2.28. The highest BCUT2D eigenvalue weighted by atomic mass is 127. The number of carbonyl (C=O) groups excluding carboxylic acids is 1. The first-order valence-corrected chi connectivity index (χ1v) is 11.1. The van der Waals surface area contributed by atoms with Crippen molar-refractivity contribution < 1.29 is 9.53 Å². The zero-order chi connectivity index (χ0) is 21.5. The number of aliphatic imine (C=N–C) groups is 1. The Morgan fingerprint density at radius 1 is 1.03 bits per heavy atom. The number of para-hydroxylation sites is 1. The Morgan fingerprint density at radius 2 is 1.75 bits per heavy atom. The van der Waals surface area contributed by atoms with Gasteiger partial charge in [-0.25, -0.2) is 0 Å². The summed E-state index contributed by atoms with van der Waals surface area (Å²) in [5.74, 6) is 2.55. The summed E-state index contributed by atoms with van der Waals surface area (Å²) in [5.41, 5.74) is 6.90. The maximum Gasteiger partial charge on any atom is 0.225 e. The third-order valence-corrected chi connectivity index (χ3v) is 5.92. The van der Waals surface area contributed by atoms with Crippen LogP contribution in [0.25, 0.3) is 0 Å². The Hall–Kier alpha value is -2.33. The van der Waals surface area contributed by atoms with Crippen molar-refractivity contribution in [3.63, 3.8) is 0 Å². The van der Waals surface area contributed by atoms with Gasteiger partial charge in [0.05, 0.1) is 6.54 Å². The minimum atomic E-state index is 0. The topological polar surface area (TPSA) is 83.2 Å². The molecule has 2 aliphatic rings. The Balaban J connectivity index is 0.00000289. The van der Waals surface area contributed by atoms with Crippen LogP contribution in [0.5, 0.6) is 11.5 Å². The van der Waals surface area contributed by atoms with Crippen LogP contribution >= 0.6 is 24.0 Å². The third-order valence-electron chi connectivity index (χ3n) is 5.92. The molecule has 0 unspecified atom stereocenters. The lowest BCUT2D eigenvalue weighted by Gasteiger charge is -2.38. The van der Waals surface area contributed by atoms with Crippen LogP contribution in [0.3, 0.4) is 0 Å². The van der Waals surface area contributed by atoms with E-state index in [1.807, 2.05) is 59.5 Å². The number of nitrogens with one attached hydrogen (secondary N) is 1. The number of anilines is 1. The summed E-state index contributed by atoms with van der Waals surface area (Å²) in [5, 5.41) is 3.13. The highest BCUT2D eigenvalue weighted by molar-refractivity contribution is 14.0. The number of benzene rings is 2. The SMILES string of the molecule is I.NC(=NCCN1CCN(C(=O)C2CCC2)CC1)Nc1cccc(Oc2ccccc2)c1. The van der Waals surface area contributed by atoms with Crippen molar-refractivity contribution in [3.8, 4) is 11.5 Å². The second-order valence-corrected chi connectivity index (χ2v) is 8.13. The lowest BCUT2D eigenvalue weighted by Crippen LogP contribution is -2.51. The van der Waals surface area contributed by atoms with Crippen molar-refractivity contribution >= 4 is 41.5 Å². The summed E-state index contributed by atoms with van der Waals surface area (Å²) < 4.78 is 5.86. The number of carbonyl (C=O) groups is 1. The number of rotatable bonds is 7. The summed E-state index contributed by atoms with van der Waals surface area (Å²) in [6.45, 7) is 4.91. The molecule has 0 bridgehead atoms. The molecular formula is C24H32IN5O2. The molecule has 0 spiro atoms. The van der Waals surface area contributed by atoms with Gasteiger partial charge in [-0.2, -0.15) is 0 Å². The van der Waals surface area contributed by atoms with Crippen molar-refractivity contribution in [1.29, 1.82) is 0 Å². The molecule has 4 rings (SSSR count). The third kappa shape index (κ3) is 6.83. The predicted octanol–water partition coefficient (Wildman–Crippen LogP) is 3.77. The van der Waals surface area contributed by atoms with Crippen LogP contribution in [-0.4, -0.2) is 60.9 Å². The standard InChI is InChI=1S/C24H31N5O2.HI/c25-24(27-20-8-5-11-22(18-20)31-21-9-2-1-3-10-21)26-12-13-28-14-16-29(17-15-28)23(30)19-6-4-7-19;/h1-3,5,8-11,18-19H,4,6-7,12-17H2,(H3,25,26,27);1H. The van der Waals surface area contributed by atoms with Gasteiger partial charge in [-0.15, -0.1) is 24.0 Å².